The van der Waals surface area contributed by atoms with Crippen LogP contribution in [0.15, 0.2) is 41.3 Å². The van der Waals surface area contributed by atoms with Gasteiger partial charge >= 0.3 is 0 Å². The number of fused-ring (bicyclic) bond motifs is 2. The molecule has 1 amide bonds. The van der Waals surface area contributed by atoms with E-state index in [2.05, 4.69) is 18.7 Å². The lowest BCUT2D eigenvalue weighted by Crippen LogP contribution is -2.39. The number of carbonyl (C=O) groups is 1. The van der Waals surface area contributed by atoms with E-state index in [1.807, 2.05) is 26.0 Å². The van der Waals surface area contributed by atoms with Crippen molar-refractivity contribution in [2.24, 2.45) is 0 Å². The number of hydrogen-bond donors (Lipinski definition) is 0. The molecule has 0 bridgehead atoms. The fraction of sp³-hybridized carbons (Fsp3) is 0.500. The molecule has 2 heterocycles. The van der Waals surface area contributed by atoms with Crippen molar-refractivity contribution >= 4 is 55.0 Å². The molecular formula is C28H39ClN4O5S2. The Morgan fingerprint density at radius 1 is 0.900 bits per heavy atom. The zero-order chi connectivity index (χ0) is 28.0. The summed E-state index contributed by atoms with van der Waals surface area (Å²) in [6, 6.07) is 10.0. The molecule has 0 radical (unpaired) electrons. The van der Waals surface area contributed by atoms with Gasteiger partial charge in [0.2, 0.25) is 10.0 Å². The number of benzene rings is 2. The molecule has 0 N–H and O–H groups in total. The second-order valence-corrected chi connectivity index (χ2v) is 12.3. The molecule has 0 aliphatic carbocycles. The number of aromatic nitrogens is 1. The zero-order valence-corrected chi connectivity index (χ0v) is 26.0. The van der Waals surface area contributed by atoms with Crippen molar-refractivity contribution in [3.63, 3.8) is 0 Å². The van der Waals surface area contributed by atoms with Gasteiger partial charge in [0.05, 0.1) is 15.1 Å². The van der Waals surface area contributed by atoms with Gasteiger partial charge in [-0.2, -0.15) is 4.31 Å². The molecule has 0 saturated carbocycles. The van der Waals surface area contributed by atoms with Gasteiger partial charge in [-0.15, -0.1) is 12.4 Å². The topological polar surface area (TPSA) is 92.3 Å². The highest BCUT2D eigenvalue weighted by molar-refractivity contribution is 7.89. The molecule has 220 valence electrons. The van der Waals surface area contributed by atoms with Gasteiger partial charge in [-0.05, 0) is 50.2 Å². The lowest BCUT2D eigenvalue weighted by atomic mass is 10.2. The standard InChI is InChI=1S/C28H38N4O5S2.ClH/c1-5-13-31(14-6-2)39(34,35)22-11-9-21(10-12-22)27(33)32(16-15-30(7-3)8-4)28-29-23-19-24-25(20-26(23)38-28)37-18-17-36-24;/h9-12,19-20H,5-8,13-18H2,1-4H3;1H. The van der Waals surface area contributed by atoms with Crippen LogP contribution in [0.3, 0.4) is 0 Å². The van der Waals surface area contributed by atoms with Crippen molar-refractivity contribution in [2.75, 3.05) is 57.4 Å². The number of anilines is 1. The number of ether oxygens (including phenoxy) is 2. The molecule has 0 spiro atoms. The van der Waals surface area contributed by atoms with Gasteiger partial charge in [-0.1, -0.05) is 39.0 Å². The van der Waals surface area contributed by atoms with Crippen LogP contribution in [-0.4, -0.2) is 81.0 Å². The maximum Gasteiger partial charge on any atom is 0.260 e. The summed E-state index contributed by atoms with van der Waals surface area (Å²) in [5.74, 6) is 1.12. The van der Waals surface area contributed by atoms with E-state index in [0.717, 1.165) is 36.1 Å². The van der Waals surface area contributed by atoms with Crippen LogP contribution in [-0.2, 0) is 10.0 Å². The van der Waals surface area contributed by atoms with Gasteiger partial charge in [-0.3, -0.25) is 9.69 Å². The molecule has 9 nitrogen and oxygen atoms in total. The first kappa shape index (κ1) is 32.1. The third-order valence-corrected chi connectivity index (χ3v) is 9.69. The normalized spacial score (nSPS) is 13.1. The molecule has 0 fully saturated rings. The first-order valence-electron chi connectivity index (χ1n) is 13.7. The SMILES string of the molecule is CCCN(CCC)S(=O)(=O)c1ccc(C(=O)N(CCN(CC)CC)c2nc3cc4c(cc3s2)OCCO4)cc1.Cl. The van der Waals surface area contributed by atoms with Crippen LogP contribution in [0.2, 0.25) is 0 Å². The lowest BCUT2D eigenvalue weighted by Gasteiger charge is -2.25. The summed E-state index contributed by atoms with van der Waals surface area (Å²) in [4.78, 5) is 22.8. The highest BCUT2D eigenvalue weighted by Gasteiger charge is 2.26. The summed E-state index contributed by atoms with van der Waals surface area (Å²) in [6.45, 7) is 12.9. The third kappa shape index (κ3) is 7.06. The van der Waals surface area contributed by atoms with Crippen LogP contribution in [0.5, 0.6) is 11.5 Å². The summed E-state index contributed by atoms with van der Waals surface area (Å²) in [5, 5.41) is 0.582. The Morgan fingerprint density at radius 2 is 1.50 bits per heavy atom. The van der Waals surface area contributed by atoms with E-state index < -0.39 is 10.0 Å². The average Bonchev–Trinajstić information content (AvgIpc) is 3.36. The first-order chi connectivity index (χ1) is 18.8. The number of amides is 1. The van der Waals surface area contributed by atoms with Gasteiger partial charge in [0.25, 0.3) is 5.91 Å². The molecular weight excluding hydrogens is 572 g/mol. The highest BCUT2D eigenvalue weighted by atomic mass is 35.5. The predicted octanol–water partition coefficient (Wildman–Crippen LogP) is 5.29. The molecule has 1 aliphatic rings. The highest BCUT2D eigenvalue weighted by Crippen LogP contribution is 2.39. The summed E-state index contributed by atoms with van der Waals surface area (Å²) in [7, 11) is -3.63. The monoisotopic (exact) mass is 610 g/mol. The van der Waals surface area contributed by atoms with E-state index in [-0.39, 0.29) is 23.2 Å². The Bertz CT molecular complexity index is 1330. The van der Waals surface area contributed by atoms with E-state index in [9.17, 15) is 13.2 Å². The lowest BCUT2D eigenvalue weighted by molar-refractivity contribution is 0.0983. The van der Waals surface area contributed by atoms with Crippen LogP contribution >= 0.6 is 23.7 Å². The quantitative estimate of drug-likeness (QED) is 0.260. The number of halogens is 1. The molecule has 2 aromatic carbocycles. The van der Waals surface area contributed by atoms with E-state index in [0.29, 0.717) is 61.6 Å². The van der Waals surface area contributed by atoms with E-state index in [4.69, 9.17) is 14.5 Å². The molecule has 12 heteroatoms. The molecule has 3 aromatic rings. The number of sulfonamides is 1. The van der Waals surface area contributed by atoms with E-state index in [1.54, 1.807) is 17.0 Å². The summed E-state index contributed by atoms with van der Waals surface area (Å²) >= 11 is 1.43. The predicted molar refractivity (Wildman–Crippen MR) is 163 cm³/mol. The minimum absolute atomic E-state index is 0. The van der Waals surface area contributed by atoms with E-state index >= 15 is 0 Å². The smallest absolute Gasteiger partial charge is 0.260 e. The first-order valence-corrected chi connectivity index (χ1v) is 15.9. The van der Waals surface area contributed by atoms with Gasteiger partial charge < -0.3 is 14.4 Å². The Kier molecular flexibility index (Phi) is 11.6. The van der Waals surface area contributed by atoms with Crippen molar-refractivity contribution in [1.82, 2.24) is 14.2 Å². The van der Waals surface area contributed by atoms with Gasteiger partial charge in [0.1, 0.15) is 13.2 Å². The van der Waals surface area contributed by atoms with Crippen molar-refractivity contribution in [3.05, 3.63) is 42.0 Å². The Hall–Kier alpha value is -2.44. The zero-order valence-electron chi connectivity index (χ0n) is 23.6. The van der Waals surface area contributed by atoms with Crippen LogP contribution in [0.4, 0.5) is 5.13 Å². The Morgan fingerprint density at radius 3 is 2.08 bits per heavy atom. The molecule has 1 aliphatic heterocycles. The molecule has 40 heavy (non-hydrogen) atoms. The largest absolute Gasteiger partial charge is 0.486 e. The Balaban J connectivity index is 0.00000441. The fourth-order valence-electron chi connectivity index (χ4n) is 4.56. The van der Waals surface area contributed by atoms with Gasteiger partial charge in [-0.25, -0.2) is 13.4 Å². The number of nitrogens with zero attached hydrogens (tertiary/aromatic N) is 4. The van der Waals surface area contributed by atoms with Crippen molar-refractivity contribution in [1.29, 1.82) is 0 Å². The summed E-state index contributed by atoms with van der Waals surface area (Å²) in [5.41, 5.74) is 1.16. The molecule has 0 atom stereocenters. The molecule has 4 rings (SSSR count). The average molecular weight is 611 g/mol. The van der Waals surface area contributed by atoms with Gasteiger partial charge in [0.15, 0.2) is 16.6 Å². The number of thiazole rings is 1. The number of hydrogen-bond acceptors (Lipinski definition) is 8. The number of rotatable bonds is 13. The second-order valence-electron chi connectivity index (χ2n) is 9.37. The van der Waals surface area contributed by atoms with Crippen molar-refractivity contribution in [3.8, 4) is 11.5 Å². The maximum absolute atomic E-state index is 13.8. The number of likely N-dealkylation sites (N-methyl/N-ethyl adjacent to an activating group) is 1. The molecule has 0 unspecified atom stereocenters. The van der Waals surface area contributed by atoms with Crippen LogP contribution < -0.4 is 14.4 Å². The Labute approximate surface area is 247 Å². The second kappa shape index (κ2) is 14.5. The summed E-state index contributed by atoms with van der Waals surface area (Å²) in [6.07, 6.45) is 1.47. The fourth-order valence-corrected chi connectivity index (χ4v) is 7.18. The van der Waals surface area contributed by atoms with Crippen molar-refractivity contribution in [2.45, 2.75) is 45.4 Å². The minimum Gasteiger partial charge on any atom is -0.486 e. The summed E-state index contributed by atoms with van der Waals surface area (Å²) < 4.78 is 40.2. The number of carbonyl (C=O) groups excluding carboxylic acids is 1. The van der Waals surface area contributed by atoms with E-state index in [1.165, 1.54) is 27.8 Å². The minimum atomic E-state index is -3.63. The van der Waals surface area contributed by atoms with Gasteiger partial charge in [0, 0.05) is 43.9 Å². The van der Waals surface area contributed by atoms with Crippen LogP contribution in [0.1, 0.15) is 50.9 Å². The molecule has 1 aromatic heterocycles. The third-order valence-electron chi connectivity index (χ3n) is 6.74. The maximum atomic E-state index is 13.8. The van der Waals surface area contributed by atoms with Crippen LogP contribution in [0.25, 0.3) is 10.2 Å². The molecule has 0 saturated heterocycles. The van der Waals surface area contributed by atoms with Crippen molar-refractivity contribution < 1.29 is 22.7 Å². The van der Waals surface area contributed by atoms with Crippen LogP contribution in [0, 0.1) is 0 Å².